The highest BCUT2D eigenvalue weighted by Gasteiger charge is 2.22. The maximum absolute atomic E-state index is 11.0. The van der Waals surface area contributed by atoms with Crippen molar-refractivity contribution in [3.8, 4) is 11.5 Å². The topological polar surface area (TPSA) is 95.5 Å². The quantitative estimate of drug-likeness (QED) is 0.419. The smallest absolute Gasteiger partial charge is 0.318 e. The zero-order valence-corrected chi connectivity index (χ0v) is 12.7. The molecule has 0 heterocycles. The van der Waals surface area contributed by atoms with Gasteiger partial charge in [0.15, 0.2) is 0 Å². The van der Waals surface area contributed by atoms with Crippen LogP contribution in [0.2, 0.25) is 15.1 Å². The summed E-state index contributed by atoms with van der Waals surface area (Å²) in [5.74, 6) is -0.177. The van der Waals surface area contributed by atoms with Crippen molar-refractivity contribution in [1.82, 2.24) is 0 Å². The first kappa shape index (κ1) is 16.3. The van der Waals surface area contributed by atoms with E-state index in [9.17, 15) is 20.2 Å². The molecule has 7 nitrogen and oxygen atoms in total. The average Bonchev–Trinajstić information content (AvgIpc) is 2.44. The Morgan fingerprint density at radius 3 is 2.05 bits per heavy atom. The predicted molar refractivity (Wildman–Crippen MR) is 81.3 cm³/mol. The van der Waals surface area contributed by atoms with Crippen molar-refractivity contribution in [2.75, 3.05) is 0 Å². The Morgan fingerprint density at radius 1 is 0.818 bits per heavy atom. The van der Waals surface area contributed by atoms with Gasteiger partial charge in [-0.15, -0.1) is 0 Å². The molecule has 2 rings (SSSR count). The monoisotopic (exact) mass is 362 g/mol. The van der Waals surface area contributed by atoms with Gasteiger partial charge in [0.25, 0.3) is 5.69 Å². The number of benzene rings is 2. The summed E-state index contributed by atoms with van der Waals surface area (Å²) in [6.07, 6.45) is 0. The maximum Gasteiger partial charge on any atom is 0.318 e. The van der Waals surface area contributed by atoms with Crippen molar-refractivity contribution in [3.63, 3.8) is 0 Å². The number of rotatable bonds is 4. The number of halogens is 3. The SMILES string of the molecule is O=[N+]([O-])c1ccc(Oc2cc(Cl)c(Cl)cc2Cl)c([N+](=O)[O-])c1. The second-order valence-electron chi connectivity index (χ2n) is 3.97. The second kappa shape index (κ2) is 6.35. The van der Waals surface area contributed by atoms with E-state index in [1.54, 1.807) is 0 Å². The van der Waals surface area contributed by atoms with Crippen LogP contribution in [0.5, 0.6) is 11.5 Å². The summed E-state index contributed by atoms with van der Waals surface area (Å²) >= 11 is 17.5. The van der Waals surface area contributed by atoms with Crippen LogP contribution in [-0.2, 0) is 0 Å². The minimum atomic E-state index is -0.798. The average molecular weight is 364 g/mol. The summed E-state index contributed by atoms with van der Waals surface area (Å²) in [4.78, 5) is 20.1. The molecule has 0 amide bonds. The lowest BCUT2D eigenvalue weighted by Crippen LogP contribution is -1.96. The van der Waals surface area contributed by atoms with Crippen LogP contribution in [0.15, 0.2) is 30.3 Å². The standard InChI is InChI=1S/C12H5Cl3N2O5/c13-7-4-9(15)12(5-8(7)14)22-11-2-1-6(16(18)19)3-10(11)17(20)21/h1-5H. The molecule has 0 fully saturated rings. The molecule has 0 saturated heterocycles. The molecule has 0 aliphatic carbocycles. The molecule has 0 bridgehead atoms. The molecule has 0 spiro atoms. The zero-order valence-electron chi connectivity index (χ0n) is 10.5. The number of ether oxygens (including phenoxy) is 1. The molecule has 2 aromatic rings. The summed E-state index contributed by atoms with van der Waals surface area (Å²) in [5, 5.41) is 22.1. The maximum atomic E-state index is 11.0. The molecule has 0 N–H and O–H groups in total. The van der Waals surface area contributed by atoms with E-state index in [0.717, 1.165) is 18.2 Å². The molecule has 0 aliphatic rings. The number of nitro groups is 2. The fourth-order valence-electron chi connectivity index (χ4n) is 1.55. The van der Waals surface area contributed by atoms with E-state index in [-0.39, 0.29) is 26.6 Å². The van der Waals surface area contributed by atoms with Gasteiger partial charge in [-0.25, -0.2) is 0 Å². The highest BCUT2D eigenvalue weighted by atomic mass is 35.5. The zero-order chi connectivity index (χ0) is 16.4. The first-order valence-electron chi connectivity index (χ1n) is 5.55. The van der Waals surface area contributed by atoms with Gasteiger partial charge < -0.3 is 4.74 Å². The molecular weight excluding hydrogens is 359 g/mol. The highest BCUT2D eigenvalue weighted by molar-refractivity contribution is 6.43. The lowest BCUT2D eigenvalue weighted by molar-refractivity contribution is -0.394. The van der Waals surface area contributed by atoms with E-state index in [1.165, 1.54) is 12.1 Å². The van der Waals surface area contributed by atoms with Gasteiger partial charge in [0.05, 0.1) is 31.0 Å². The summed E-state index contributed by atoms with van der Waals surface area (Å²) in [7, 11) is 0. The lowest BCUT2D eigenvalue weighted by atomic mass is 10.2. The van der Waals surface area contributed by atoms with Gasteiger partial charge in [-0.3, -0.25) is 20.2 Å². The van der Waals surface area contributed by atoms with Gasteiger partial charge in [0.2, 0.25) is 5.75 Å². The number of nitrogens with zero attached hydrogens (tertiary/aromatic N) is 2. The van der Waals surface area contributed by atoms with Crippen LogP contribution in [0, 0.1) is 20.2 Å². The summed E-state index contributed by atoms with van der Waals surface area (Å²) in [6, 6.07) is 5.58. The third-order valence-corrected chi connectivity index (χ3v) is 3.56. The molecule has 22 heavy (non-hydrogen) atoms. The van der Waals surface area contributed by atoms with Crippen LogP contribution in [0.1, 0.15) is 0 Å². The first-order chi connectivity index (χ1) is 10.3. The van der Waals surface area contributed by atoms with Crippen molar-refractivity contribution in [1.29, 1.82) is 0 Å². The fraction of sp³-hybridized carbons (Fsp3) is 0. The van der Waals surface area contributed by atoms with Crippen LogP contribution in [0.4, 0.5) is 11.4 Å². The Morgan fingerprint density at radius 2 is 1.45 bits per heavy atom. The summed E-state index contributed by atoms with van der Waals surface area (Å²) in [5.41, 5.74) is -1.00. The van der Waals surface area contributed by atoms with Crippen LogP contribution >= 0.6 is 34.8 Å². The molecule has 0 aliphatic heterocycles. The van der Waals surface area contributed by atoms with Gasteiger partial charge in [-0.1, -0.05) is 34.8 Å². The highest BCUT2D eigenvalue weighted by Crippen LogP contribution is 2.40. The van der Waals surface area contributed by atoms with Crippen molar-refractivity contribution in [2.24, 2.45) is 0 Å². The molecule has 2 aromatic carbocycles. The minimum absolute atomic E-state index is 0.0352. The van der Waals surface area contributed by atoms with Gasteiger partial charge >= 0.3 is 5.69 Å². The van der Waals surface area contributed by atoms with Crippen molar-refractivity contribution in [3.05, 3.63) is 65.6 Å². The third-order valence-electron chi connectivity index (χ3n) is 2.54. The number of hydrogen-bond donors (Lipinski definition) is 0. The fourth-order valence-corrected chi connectivity index (χ4v) is 2.12. The first-order valence-corrected chi connectivity index (χ1v) is 6.68. The molecule has 10 heteroatoms. The molecule has 0 radical (unpaired) electrons. The van der Waals surface area contributed by atoms with Crippen molar-refractivity contribution < 1.29 is 14.6 Å². The molecule has 0 unspecified atom stereocenters. The van der Waals surface area contributed by atoms with Crippen LogP contribution in [-0.4, -0.2) is 9.85 Å². The normalized spacial score (nSPS) is 10.3. The Hall–Kier alpha value is -2.09. The van der Waals surface area contributed by atoms with Crippen molar-refractivity contribution in [2.45, 2.75) is 0 Å². The lowest BCUT2D eigenvalue weighted by Gasteiger charge is -2.09. The summed E-state index contributed by atoms with van der Waals surface area (Å²) < 4.78 is 5.33. The van der Waals surface area contributed by atoms with E-state index in [2.05, 4.69) is 0 Å². The Balaban J connectivity index is 2.47. The van der Waals surface area contributed by atoms with Crippen LogP contribution in [0.3, 0.4) is 0 Å². The number of non-ortho nitro benzene ring substituents is 1. The molecule has 0 saturated carbocycles. The molecular formula is C12H5Cl3N2O5. The largest absolute Gasteiger partial charge is 0.448 e. The van der Waals surface area contributed by atoms with E-state index >= 15 is 0 Å². The molecule has 114 valence electrons. The Bertz CT molecular complexity index is 782. The molecule has 0 aromatic heterocycles. The van der Waals surface area contributed by atoms with Gasteiger partial charge in [0, 0.05) is 12.1 Å². The van der Waals surface area contributed by atoms with Gasteiger partial charge in [-0.2, -0.15) is 0 Å². The van der Waals surface area contributed by atoms with Crippen molar-refractivity contribution >= 4 is 46.2 Å². The van der Waals surface area contributed by atoms with Crippen LogP contribution in [0.25, 0.3) is 0 Å². The number of nitro benzene ring substituents is 2. The predicted octanol–water partition coefficient (Wildman–Crippen LogP) is 5.26. The van der Waals surface area contributed by atoms with Crippen LogP contribution < -0.4 is 4.74 Å². The van der Waals surface area contributed by atoms with E-state index in [0.29, 0.717) is 0 Å². The van der Waals surface area contributed by atoms with E-state index in [1.807, 2.05) is 0 Å². The third kappa shape index (κ3) is 3.38. The van der Waals surface area contributed by atoms with E-state index < -0.39 is 21.2 Å². The van der Waals surface area contributed by atoms with E-state index in [4.69, 9.17) is 39.5 Å². The Labute approximate surface area is 138 Å². The van der Waals surface area contributed by atoms with Gasteiger partial charge in [-0.05, 0) is 12.1 Å². The van der Waals surface area contributed by atoms with Gasteiger partial charge in [0.1, 0.15) is 5.75 Å². The summed E-state index contributed by atoms with van der Waals surface area (Å²) in [6.45, 7) is 0. The Kier molecular flexibility index (Phi) is 4.70. The number of hydrogen-bond acceptors (Lipinski definition) is 5. The molecule has 0 atom stereocenters. The minimum Gasteiger partial charge on any atom is -0.448 e. The second-order valence-corrected chi connectivity index (χ2v) is 5.19.